The fraction of sp³-hybridized carbons (Fsp3) is 0.231. The fourth-order valence-electron chi connectivity index (χ4n) is 3.60. The molecule has 1 N–H and O–H groups in total. The number of thioether (sulfide) groups is 1. The van der Waals surface area contributed by atoms with E-state index in [0.717, 1.165) is 22.5 Å². The number of aryl methyl sites for hydroxylation is 1. The molecule has 6 nitrogen and oxygen atoms in total. The highest BCUT2D eigenvalue weighted by Crippen LogP contribution is 2.33. The maximum atomic E-state index is 12.9. The van der Waals surface area contributed by atoms with Gasteiger partial charge in [0.15, 0.2) is 11.0 Å². The lowest BCUT2D eigenvalue weighted by molar-refractivity contribution is -0.115. The van der Waals surface area contributed by atoms with Crippen LogP contribution in [0.5, 0.6) is 0 Å². The van der Waals surface area contributed by atoms with Gasteiger partial charge < -0.3 is 5.32 Å². The molecule has 0 fully saturated rings. The summed E-state index contributed by atoms with van der Waals surface area (Å²) in [4.78, 5) is 17.2. The van der Waals surface area contributed by atoms with Crippen LogP contribution < -0.4 is 5.32 Å². The number of hydrogen-bond acceptors (Lipinski definition) is 5. The molecule has 0 unspecified atom stereocenters. The normalized spacial score (nSPS) is 12.0. The van der Waals surface area contributed by atoms with Gasteiger partial charge >= 0.3 is 0 Å². The van der Waals surface area contributed by atoms with Crippen molar-refractivity contribution >= 4 is 23.4 Å². The molecular weight excluding hydrogens is 430 g/mol. The van der Waals surface area contributed by atoms with Crippen molar-refractivity contribution in [3.63, 3.8) is 0 Å². The Balaban J connectivity index is 1.70. The number of nitrogens with zero attached hydrogens (tertiary/aromatic N) is 4. The van der Waals surface area contributed by atoms with E-state index in [1.54, 1.807) is 12.4 Å². The summed E-state index contributed by atoms with van der Waals surface area (Å²) in [6.07, 6.45) is 3.51. The van der Waals surface area contributed by atoms with E-state index in [4.69, 9.17) is 0 Å². The number of para-hydroxylation sites is 1. The number of amides is 1. The first-order valence-corrected chi connectivity index (χ1v) is 11.8. The van der Waals surface area contributed by atoms with Gasteiger partial charge in [0.2, 0.25) is 5.91 Å². The number of rotatable bonds is 7. The maximum Gasteiger partial charge on any atom is 0.237 e. The fourth-order valence-corrected chi connectivity index (χ4v) is 4.46. The number of pyridine rings is 1. The van der Waals surface area contributed by atoms with Crippen molar-refractivity contribution in [3.05, 3.63) is 84.2 Å². The highest BCUT2D eigenvalue weighted by molar-refractivity contribution is 8.00. The Morgan fingerprint density at radius 2 is 1.82 bits per heavy atom. The van der Waals surface area contributed by atoms with E-state index in [9.17, 15) is 4.79 Å². The molecule has 0 aliphatic heterocycles. The maximum absolute atomic E-state index is 12.9. The minimum Gasteiger partial charge on any atom is -0.325 e. The minimum absolute atomic E-state index is 0.0831. The zero-order chi connectivity index (χ0) is 23.4. The molecule has 33 heavy (non-hydrogen) atoms. The molecule has 0 bridgehead atoms. The van der Waals surface area contributed by atoms with E-state index in [1.165, 1.54) is 17.3 Å². The van der Waals surface area contributed by atoms with Crippen molar-refractivity contribution in [2.45, 2.75) is 44.0 Å². The minimum atomic E-state index is -0.374. The topological polar surface area (TPSA) is 72.7 Å². The van der Waals surface area contributed by atoms with Crippen LogP contribution in [-0.2, 0) is 4.79 Å². The molecule has 0 saturated heterocycles. The largest absolute Gasteiger partial charge is 0.325 e. The molecule has 7 heteroatoms. The molecule has 2 aromatic heterocycles. The van der Waals surface area contributed by atoms with Crippen molar-refractivity contribution in [1.82, 2.24) is 19.7 Å². The third-order valence-electron chi connectivity index (χ3n) is 5.29. The average Bonchev–Trinajstić information content (AvgIpc) is 3.22. The summed E-state index contributed by atoms with van der Waals surface area (Å²) in [5.74, 6) is 0.926. The summed E-state index contributed by atoms with van der Waals surface area (Å²) >= 11 is 1.39. The quantitative estimate of drug-likeness (QED) is 0.351. The highest BCUT2D eigenvalue weighted by Gasteiger charge is 2.23. The Kier molecular flexibility index (Phi) is 6.89. The van der Waals surface area contributed by atoms with Gasteiger partial charge in [-0.25, -0.2) is 0 Å². The second-order valence-electron chi connectivity index (χ2n) is 8.22. The summed E-state index contributed by atoms with van der Waals surface area (Å²) in [5.41, 5.74) is 4.94. The first-order valence-electron chi connectivity index (χ1n) is 10.9. The number of hydrogen-bond donors (Lipinski definition) is 1. The molecule has 2 heterocycles. The van der Waals surface area contributed by atoms with Gasteiger partial charge in [-0.15, -0.1) is 10.2 Å². The van der Waals surface area contributed by atoms with Gasteiger partial charge in [0.1, 0.15) is 0 Å². The number of anilines is 1. The van der Waals surface area contributed by atoms with Crippen LogP contribution in [0, 0.1) is 6.92 Å². The predicted molar refractivity (Wildman–Crippen MR) is 134 cm³/mol. The standard InChI is InChI=1S/C26H27N5OS/c1-17(2)22-12-5-6-13-23(22)31-24(20-10-8-14-27-16-20)29-30-26(31)33-19(4)25(32)28-21-11-7-9-18(3)15-21/h5-17,19H,1-4H3,(H,28,32)/t19-/m0/s1. The molecule has 4 aromatic rings. The molecule has 1 amide bonds. The lowest BCUT2D eigenvalue weighted by atomic mass is 10.0. The SMILES string of the molecule is Cc1cccc(NC(=O)[C@H](C)Sc2nnc(-c3cccnc3)n2-c2ccccc2C(C)C)c1. The van der Waals surface area contributed by atoms with Crippen molar-refractivity contribution in [3.8, 4) is 17.1 Å². The van der Waals surface area contributed by atoms with E-state index in [0.29, 0.717) is 16.9 Å². The van der Waals surface area contributed by atoms with Gasteiger partial charge in [0.25, 0.3) is 0 Å². The second kappa shape index (κ2) is 10.0. The van der Waals surface area contributed by atoms with Crippen molar-refractivity contribution in [2.75, 3.05) is 5.32 Å². The van der Waals surface area contributed by atoms with Gasteiger partial charge in [0.05, 0.1) is 10.9 Å². The zero-order valence-electron chi connectivity index (χ0n) is 19.2. The van der Waals surface area contributed by atoms with E-state index in [-0.39, 0.29) is 11.2 Å². The predicted octanol–water partition coefficient (Wildman–Crippen LogP) is 5.88. The third-order valence-corrected chi connectivity index (χ3v) is 6.33. The second-order valence-corrected chi connectivity index (χ2v) is 9.52. The summed E-state index contributed by atoms with van der Waals surface area (Å²) < 4.78 is 2.04. The average molecular weight is 458 g/mol. The summed E-state index contributed by atoms with van der Waals surface area (Å²) in [6.45, 7) is 8.21. The van der Waals surface area contributed by atoms with E-state index >= 15 is 0 Å². The van der Waals surface area contributed by atoms with Gasteiger partial charge in [0, 0.05) is 23.6 Å². The van der Waals surface area contributed by atoms with Gasteiger partial charge in [-0.3, -0.25) is 14.3 Å². The lowest BCUT2D eigenvalue weighted by Crippen LogP contribution is -2.23. The Bertz CT molecular complexity index is 1250. The Morgan fingerprint density at radius 3 is 2.55 bits per heavy atom. The molecule has 0 spiro atoms. The smallest absolute Gasteiger partial charge is 0.237 e. The van der Waals surface area contributed by atoms with Gasteiger partial charge in [-0.2, -0.15) is 0 Å². The molecule has 168 valence electrons. The number of carbonyl (C=O) groups is 1. The summed E-state index contributed by atoms with van der Waals surface area (Å²) in [5, 5.41) is 12.3. The molecule has 0 saturated carbocycles. The molecule has 0 aliphatic rings. The Morgan fingerprint density at radius 1 is 1.00 bits per heavy atom. The molecule has 0 radical (unpaired) electrons. The van der Waals surface area contributed by atoms with Crippen LogP contribution in [0.4, 0.5) is 5.69 Å². The number of nitrogens with one attached hydrogen (secondary N) is 1. The van der Waals surface area contributed by atoms with Gasteiger partial charge in [-0.05, 0) is 61.2 Å². The van der Waals surface area contributed by atoms with Crippen LogP contribution in [0.3, 0.4) is 0 Å². The molecule has 0 aliphatic carbocycles. The first kappa shape index (κ1) is 22.7. The molecule has 2 aromatic carbocycles. The molecule has 1 atom stereocenters. The third kappa shape index (κ3) is 5.14. The van der Waals surface area contributed by atoms with Crippen LogP contribution in [0.25, 0.3) is 17.1 Å². The monoisotopic (exact) mass is 457 g/mol. The van der Waals surface area contributed by atoms with Crippen LogP contribution in [0.1, 0.15) is 37.8 Å². The van der Waals surface area contributed by atoms with Crippen molar-refractivity contribution in [2.24, 2.45) is 0 Å². The van der Waals surface area contributed by atoms with Crippen LogP contribution in [0.15, 0.2) is 78.2 Å². The number of benzene rings is 2. The zero-order valence-corrected chi connectivity index (χ0v) is 20.0. The molecular formula is C26H27N5OS. The van der Waals surface area contributed by atoms with Crippen LogP contribution in [-0.4, -0.2) is 30.9 Å². The van der Waals surface area contributed by atoms with E-state index < -0.39 is 0 Å². The summed E-state index contributed by atoms with van der Waals surface area (Å²) in [6, 6.07) is 19.9. The van der Waals surface area contributed by atoms with E-state index in [1.807, 2.05) is 66.9 Å². The van der Waals surface area contributed by atoms with Crippen LogP contribution >= 0.6 is 11.8 Å². The Labute approximate surface area is 198 Å². The molecule has 4 rings (SSSR count). The van der Waals surface area contributed by atoms with Crippen molar-refractivity contribution < 1.29 is 4.79 Å². The lowest BCUT2D eigenvalue weighted by Gasteiger charge is -2.18. The highest BCUT2D eigenvalue weighted by atomic mass is 32.2. The summed E-state index contributed by atoms with van der Waals surface area (Å²) in [7, 11) is 0. The van der Waals surface area contributed by atoms with Crippen molar-refractivity contribution in [1.29, 1.82) is 0 Å². The number of aromatic nitrogens is 4. The number of carbonyl (C=O) groups excluding carboxylic acids is 1. The van der Waals surface area contributed by atoms with E-state index in [2.05, 4.69) is 46.5 Å². The Hall–Kier alpha value is -3.45. The first-order chi connectivity index (χ1) is 15.9. The van der Waals surface area contributed by atoms with Crippen LogP contribution in [0.2, 0.25) is 0 Å². The van der Waals surface area contributed by atoms with Gasteiger partial charge in [-0.1, -0.05) is 55.9 Å².